The fraction of sp³-hybridized carbons (Fsp3) is 0.941. The van der Waals surface area contributed by atoms with Crippen LogP contribution in [0, 0.1) is 11.8 Å². The Labute approximate surface area is 129 Å². The molecule has 0 radical (unpaired) electrons. The van der Waals surface area contributed by atoms with Crippen LogP contribution in [0.1, 0.15) is 51.9 Å². The highest BCUT2D eigenvalue weighted by atomic mass is 16.3. The number of likely N-dealkylation sites (N-methyl/N-ethyl adjacent to an activating group) is 2. The molecular formula is C17H32N2O2. The standard InChI is InChI=1S/C17H32N2O2/c1-13-7-9-15(10-8-13)19(3)17(21)12-18(2)11-14-5-4-6-16(14)20/h13-16,20H,4-12H2,1-3H3. The van der Waals surface area contributed by atoms with Gasteiger partial charge in [-0.05, 0) is 57.4 Å². The highest BCUT2D eigenvalue weighted by Crippen LogP contribution is 2.27. The molecule has 2 saturated carbocycles. The van der Waals surface area contributed by atoms with Gasteiger partial charge in [0.05, 0.1) is 12.6 Å². The Kier molecular flexibility index (Phi) is 6.06. The molecule has 4 nitrogen and oxygen atoms in total. The van der Waals surface area contributed by atoms with Crippen LogP contribution in [-0.4, -0.2) is 60.1 Å². The Morgan fingerprint density at radius 3 is 2.33 bits per heavy atom. The fourth-order valence-electron chi connectivity index (χ4n) is 3.87. The summed E-state index contributed by atoms with van der Waals surface area (Å²) in [6.07, 6.45) is 7.75. The van der Waals surface area contributed by atoms with E-state index in [1.165, 1.54) is 12.8 Å². The Morgan fingerprint density at radius 2 is 1.76 bits per heavy atom. The van der Waals surface area contributed by atoms with Gasteiger partial charge in [-0.25, -0.2) is 0 Å². The van der Waals surface area contributed by atoms with Crippen molar-refractivity contribution in [3.63, 3.8) is 0 Å². The van der Waals surface area contributed by atoms with Gasteiger partial charge in [-0.15, -0.1) is 0 Å². The minimum absolute atomic E-state index is 0.167. The molecule has 0 aromatic carbocycles. The van der Waals surface area contributed by atoms with Gasteiger partial charge in [0.2, 0.25) is 5.91 Å². The van der Waals surface area contributed by atoms with E-state index in [4.69, 9.17) is 0 Å². The van der Waals surface area contributed by atoms with Crippen molar-refractivity contribution in [3.8, 4) is 0 Å². The van der Waals surface area contributed by atoms with Crippen LogP contribution >= 0.6 is 0 Å². The maximum Gasteiger partial charge on any atom is 0.236 e. The molecule has 0 aromatic rings. The number of aliphatic hydroxyl groups excluding tert-OH is 1. The molecule has 2 aliphatic carbocycles. The van der Waals surface area contributed by atoms with Gasteiger partial charge in [0.1, 0.15) is 0 Å². The molecule has 2 atom stereocenters. The first-order chi connectivity index (χ1) is 9.97. The summed E-state index contributed by atoms with van der Waals surface area (Å²) in [7, 11) is 3.96. The second-order valence-electron chi connectivity index (χ2n) is 7.37. The quantitative estimate of drug-likeness (QED) is 0.845. The van der Waals surface area contributed by atoms with Crippen LogP contribution in [0.25, 0.3) is 0 Å². The van der Waals surface area contributed by atoms with Crippen LogP contribution in [0.2, 0.25) is 0 Å². The minimum atomic E-state index is -0.167. The third kappa shape index (κ3) is 4.68. The van der Waals surface area contributed by atoms with E-state index in [1.54, 1.807) is 0 Å². The van der Waals surface area contributed by atoms with E-state index >= 15 is 0 Å². The van der Waals surface area contributed by atoms with Crippen molar-refractivity contribution in [1.29, 1.82) is 0 Å². The fourth-order valence-corrected chi connectivity index (χ4v) is 3.87. The van der Waals surface area contributed by atoms with E-state index < -0.39 is 0 Å². The normalized spacial score (nSPS) is 33.4. The van der Waals surface area contributed by atoms with E-state index in [1.807, 2.05) is 19.0 Å². The largest absolute Gasteiger partial charge is 0.393 e. The van der Waals surface area contributed by atoms with Crippen LogP contribution in [0.4, 0.5) is 0 Å². The van der Waals surface area contributed by atoms with Crippen molar-refractivity contribution in [2.75, 3.05) is 27.2 Å². The number of aliphatic hydroxyl groups is 1. The summed E-state index contributed by atoms with van der Waals surface area (Å²) in [6, 6.07) is 0.430. The number of carbonyl (C=O) groups excluding carboxylic acids is 1. The average molecular weight is 296 g/mol. The van der Waals surface area contributed by atoms with Gasteiger partial charge in [-0.3, -0.25) is 9.69 Å². The molecule has 122 valence electrons. The highest BCUT2D eigenvalue weighted by Gasteiger charge is 2.28. The number of amides is 1. The molecule has 2 aliphatic rings. The van der Waals surface area contributed by atoms with Crippen molar-refractivity contribution >= 4 is 5.91 Å². The number of carbonyl (C=O) groups is 1. The molecule has 4 heteroatoms. The van der Waals surface area contributed by atoms with Gasteiger partial charge < -0.3 is 10.0 Å². The van der Waals surface area contributed by atoms with E-state index in [2.05, 4.69) is 11.8 Å². The molecule has 0 aromatic heterocycles. The molecule has 0 bridgehead atoms. The summed E-state index contributed by atoms with van der Waals surface area (Å²) < 4.78 is 0. The molecule has 2 unspecified atom stereocenters. The SMILES string of the molecule is CC1CCC(N(C)C(=O)CN(C)CC2CCCC2O)CC1. The number of hydrogen-bond acceptors (Lipinski definition) is 3. The lowest BCUT2D eigenvalue weighted by Crippen LogP contribution is -2.45. The lowest BCUT2D eigenvalue weighted by atomic mass is 9.87. The zero-order chi connectivity index (χ0) is 15.4. The third-order valence-corrected chi connectivity index (χ3v) is 5.50. The highest BCUT2D eigenvalue weighted by molar-refractivity contribution is 5.78. The van der Waals surface area contributed by atoms with Crippen LogP contribution in [-0.2, 0) is 4.79 Å². The Hall–Kier alpha value is -0.610. The molecule has 1 amide bonds. The molecule has 0 saturated heterocycles. The predicted molar refractivity (Wildman–Crippen MR) is 85.0 cm³/mol. The molecule has 0 spiro atoms. The van der Waals surface area contributed by atoms with E-state index in [0.717, 1.165) is 44.6 Å². The maximum absolute atomic E-state index is 12.4. The lowest BCUT2D eigenvalue weighted by molar-refractivity contribution is -0.133. The van der Waals surface area contributed by atoms with E-state index in [-0.39, 0.29) is 12.0 Å². The second-order valence-corrected chi connectivity index (χ2v) is 7.37. The van der Waals surface area contributed by atoms with Crippen molar-refractivity contribution in [2.24, 2.45) is 11.8 Å². The van der Waals surface area contributed by atoms with Gasteiger partial charge in [0.25, 0.3) is 0 Å². The molecule has 2 fully saturated rings. The van der Waals surface area contributed by atoms with Gasteiger partial charge in [-0.1, -0.05) is 13.3 Å². The number of rotatable bonds is 5. The van der Waals surface area contributed by atoms with Crippen molar-refractivity contribution < 1.29 is 9.90 Å². The molecule has 0 heterocycles. The average Bonchev–Trinajstić information content (AvgIpc) is 2.84. The maximum atomic E-state index is 12.4. The number of hydrogen-bond donors (Lipinski definition) is 1. The second kappa shape index (κ2) is 7.59. The van der Waals surface area contributed by atoms with E-state index in [9.17, 15) is 9.90 Å². The zero-order valence-electron chi connectivity index (χ0n) is 13.9. The topological polar surface area (TPSA) is 43.8 Å². The molecule has 2 rings (SSSR count). The summed E-state index contributed by atoms with van der Waals surface area (Å²) in [5, 5.41) is 9.89. The van der Waals surface area contributed by atoms with Gasteiger partial charge >= 0.3 is 0 Å². The van der Waals surface area contributed by atoms with Crippen LogP contribution in [0.5, 0.6) is 0 Å². The summed E-state index contributed by atoms with van der Waals surface area (Å²) in [6.45, 7) is 3.62. The molecule has 1 N–H and O–H groups in total. The predicted octanol–water partition coefficient (Wildman–Crippen LogP) is 2.12. The van der Waals surface area contributed by atoms with Crippen LogP contribution < -0.4 is 0 Å². The smallest absolute Gasteiger partial charge is 0.236 e. The minimum Gasteiger partial charge on any atom is -0.393 e. The Bertz CT molecular complexity index is 340. The van der Waals surface area contributed by atoms with Crippen molar-refractivity contribution in [2.45, 2.75) is 64.0 Å². The first kappa shape index (κ1) is 16.8. The Morgan fingerprint density at radius 1 is 1.10 bits per heavy atom. The summed E-state index contributed by atoms with van der Waals surface area (Å²) in [5.74, 6) is 1.39. The summed E-state index contributed by atoms with van der Waals surface area (Å²) in [5.41, 5.74) is 0. The van der Waals surface area contributed by atoms with E-state index in [0.29, 0.717) is 18.5 Å². The lowest BCUT2D eigenvalue weighted by Gasteiger charge is -2.34. The Balaban J connectivity index is 1.74. The number of nitrogens with zero attached hydrogens (tertiary/aromatic N) is 2. The van der Waals surface area contributed by atoms with Crippen molar-refractivity contribution in [3.05, 3.63) is 0 Å². The zero-order valence-corrected chi connectivity index (χ0v) is 13.9. The molecular weight excluding hydrogens is 264 g/mol. The van der Waals surface area contributed by atoms with Gasteiger partial charge in [0.15, 0.2) is 0 Å². The first-order valence-electron chi connectivity index (χ1n) is 8.59. The molecule has 21 heavy (non-hydrogen) atoms. The van der Waals surface area contributed by atoms with Crippen molar-refractivity contribution in [1.82, 2.24) is 9.80 Å². The van der Waals surface area contributed by atoms with Gasteiger partial charge in [0, 0.05) is 19.6 Å². The third-order valence-electron chi connectivity index (χ3n) is 5.50. The van der Waals surface area contributed by atoms with Gasteiger partial charge in [-0.2, -0.15) is 0 Å². The molecule has 0 aliphatic heterocycles. The van der Waals surface area contributed by atoms with Crippen LogP contribution in [0.3, 0.4) is 0 Å². The summed E-state index contributed by atoms with van der Waals surface area (Å²) in [4.78, 5) is 16.5. The van der Waals surface area contributed by atoms with Crippen LogP contribution in [0.15, 0.2) is 0 Å². The monoisotopic (exact) mass is 296 g/mol. The summed E-state index contributed by atoms with van der Waals surface area (Å²) >= 11 is 0. The first-order valence-corrected chi connectivity index (χ1v) is 8.59.